The maximum absolute atomic E-state index is 14.7. The Morgan fingerprint density at radius 2 is 1.55 bits per heavy atom. The van der Waals surface area contributed by atoms with Gasteiger partial charge in [-0.25, -0.2) is 13.2 Å². The number of aliphatic hydroxyl groups is 1. The van der Waals surface area contributed by atoms with Crippen LogP contribution in [0.1, 0.15) is 35.6 Å². The first-order valence-corrected chi connectivity index (χ1v) is 17.7. The van der Waals surface area contributed by atoms with Crippen molar-refractivity contribution >= 4 is 28.7 Å². The smallest absolute Gasteiger partial charge is 0.339 e. The van der Waals surface area contributed by atoms with Gasteiger partial charge in [-0.15, -0.1) is 0 Å². The highest BCUT2D eigenvalue weighted by molar-refractivity contribution is 7.89. The van der Waals surface area contributed by atoms with Crippen LogP contribution in [0.25, 0.3) is 5.57 Å². The predicted molar refractivity (Wildman–Crippen MR) is 165 cm³/mol. The monoisotopic (exact) mass is 645 g/mol. The van der Waals surface area contributed by atoms with E-state index in [1.807, 2.05) is 6.92 Å². The normalized spacial score (nSPS) is 16.2. The number of benzene rings is 3. The van der Waals surface area contributed by atoms with Crippen molar-refractivity contribution in [1.82, 2.24) is 4.31 Å². The molecule has 1 atom stereocenters. The fraction of sp³-hybridized carbons (Fsp3) is 0.281. The topological polar surface area (TPSA) is 121 Å². The first-order chi connectivity index (χ1) is 20.6. The Bertz CT molecular complexity index is 1760. The van der Waals surface area contributed by atoms with Gasteiger partial charge >= 0.3 is 11.6 Å². The number of sulfonamides is 1. The number of ether oxygens (including phenoxy) is 1. The Labute approximate surface area is 255 Å². The molecule has 44 heavy (non-hydrogen) atoms. The highest BCUT2D eigenvalue weighted by atomic mass is 32.2. The van der Waals surface area contributed by atoms with Crippen LogP contribution in [0.3, 0.4) is 0 Å². The molecule has 0 saturated carbocycles. The van der Waals surface area contributed by atoms with Gasteiger partial charge in [0.25, 0.3) is 0 Å². The molecule has 0 heterocycles. The number of carboxylic acid groups (broad SMARTS) is 1. The zero-order valence-electron chi connectivity index (χ0n) is 24.7. The van der Waals surface area contributed by atoms with Gasteiger partial charge in [0.05, 0.1) is 12.7 Å². The number of carboxylic acids is 1. The molecular formula is C32H34F2NO7PS. The van der Waals surface area contributed by atoms with Crippen molar-refractivity contribution in [3.05, 3.63) is 112 Å². The second-order valence-electron chi connectivity index (χ2n) is 11.1. The van der Waals surface area contributed by atoms with Gasteiger partial charge in [-0.3, -0.25) is 0 Å². The van der Waals surface area contributed by atoms with E-state index >= 15 is 0 Å². The molecule has 0 spiro atoms. The van der Waals surface area contributed by atoms with Gasteiger partial charge in [-0.1, -0.05) is 67.6 Å². The van der Waals surface area contributed by atoms with E-state index in [0.717, 1.165) is 36.6 Å². The van der Waals surface area contributed by atoms with Crippen LogP contribution in [-0.2, 0) is 38.1 Å². The van der Waals surface area contributed by atoms with Crippen molar-refractivity contribution < 1.29 is 41.5 Å². The first kappa shape index (κ1) is 33.1. The van der Waals surface area contributed by atoms with Crippen molar-refractivity contribution in [2.24, 2.45) is 5.92 Å². The molecule has 0 bridgehead atoms. The highest BCUT2D eigenvalue weighted by Crippen LogP contribution is 2.60. The second kappa shape index (κ2) is 12.7. The average Bonchev–Trinajstić information content (AvgIpc) is 2.97. The van der Waals surface area contributed by atoms with Gasteiger partial charge in [0, 0.05) is 25.1 Å². The lowest BCUT2D eigenvalue weighted by atomic mass is 9.84. The van der Waals surface area contributed by atoms with Crippen LogP contribution in [0.4, 0.5) is 8.78 Å². The van der Waals surface area contributed by atoms with Crippen molar-refractivity contribution in [3.8, 4) is 5.75 Å². The molecule has 3 aromatic rings. The lowest BCUT2D eigenvalue weighted by Crippen LogP contribution is -2.30. The molecule has 234 valence electrons. The summed E-state index contributed by atoms with van der Waals surface area (Å²) in [6.07, 6.45) is 1.63. The number of halogens is 2. The number of hydrogen-bond acceptors (Lipinski definition) is 6. The van der Waals surface area contributed by atoms with Crippen LogP contribution in [0.2, 0.25) is 0 Å². The van der Waals surface area contributed by atoms with Crippen LogP contribution in [0, 0.1) is 5.92 Å². The van der Waals surface area contributed by atoms with E-state index < -0.39 is 34.4 Å². The number of alkyl halides is 2. The van der Waals surface area contributed by atoms with Gasteiger partial charge in [-0.2, -0.15) is 13.1 Å². The number of rotatable bonds is 11. The molecule has 12 heteroatoms. The Morgan fingerprint density at radius 1 is 1.00 bits per heavy atom. The number of nitrogens with zero attached hydrogens (tertiary/aromatic N) is 1. The molecule has 0 amide bonds. The van der Waals surface area contributed by atoms with Crippen molar-refractivity contribution in [1.29, 1.82) is 0 Å². The van der Waals surface area contributed by atoms with Crippen LogP contribution >= 0.6 is 7.14 Å². The fourth-order valence-electron chi connectivity index (χ4n) is 4.97. The van der Waals surface area contributed by atoms with E-state index in [-0.39, 0.29) is 47.4 Å². The van der Waals surface area contributed by atoms with Gasteiger partial charge in [0.15, 0.2) is 7.14 Å². The SMILES string of the molecule is COc1ccccc1S(=O)(=O)N(Cc1ccc(C2=CC(C(=O)O)=C(O)CC2C)cc1)Cc1ccc(C(F)(F)P(C)(C)=O)cc1. The number of aliphatic hydroxyl groups excluding tert-OH is 1. The van der Waals surface area contributed by atoms with E-state index in [4.69, 9.17) is 4.74 Å². The largest absolute Gasteiger partial charge is 0.511 e. The molecule has 0 radical (unpaired) electrons. The van der Waals surface area contributed by atoms with Crippen molar-refractivity contribution in [2.45, 2.75) is 37.0 Å². The third kappa shape index (κ3) is 6.80. The van der Waals surface area contributed by atoms with E-state index in [2.05, 4.69) is 0 Å². The maximum Gasteiger partial charge on any atom is 0.339 e. The summed E-state index contributed by atoms with van der Waals surface area (Å²) < 4.78 is 76.0. The molecule has 4 rings (SSSR count). The summed E-state index contributed by atoms with van der Waals surface area (Å²) in [6, 6.07) is 18.3. The first-order valence-electron chi connectivity index (χ1n) is 13.7. The minimum absolute atomic E-state index is 0.0610. The number of aliphatic carboxylic acids is 1. The molecule has 0 saturated heterocycles. The lowest BCUT2D eigenvalue weighted by molar-refractivity contribution is -0.132. The van der Waals surface area contributed by atoms with E-state index in [1.165, 1.54) is 41.8 Å². The maximum atomic E-state index is 14.7. The van der Waals surface area contributed by atoms with E-state index in [1.54, 1.807) is 36.4 Å². The minimum Gasteiger partial charge on any atom is -0.511 e. The third-order valence-electron chi connectivity index (χ3n) is 7.54. The zero-order chi connectivity index (χ0) is 32.4. The Balaban J connectivity index is 1.69. The van der Waals surface area contributed by atoms with Crippen LogP contribution in [0.5, 0.6) is 5.75 Å². The number of hydrogen-bond donors (Lipinski definition) is 2. The van der Waals surface area contributed by atoms with Crippen molar-refractivity contribution in [2.75, 3.05) is 20.4 Å². The predicted octanol–water partition coefficient (Wildman–Crippen LogP) is 7.08. The summed E-state index contributed by atoms with van der Waals surface area (Å²) in [5.74, 6) is -1.40. The molecule has 1 aliphatic carbocycles. The Morgan fingerprint density at radius 3 is 2.07 bits per heavy atom. The summed E-state index contributed by atoms with van der Waals surface area (Å²) >= 11 is 0. The molecule has 1 aliphatic rings. The van der Waals surface area contributed by atoms with Crippen LogP contribution in [0.15, 0.2) is 95.1 Å². The van der Waals surface area contributed by atoms with Gasteiger partial charge in [0.1, 0.15) is 16.4 Å². The van der Waals surface area contributed by atoms with Crippen LogP contribution < -0.4 is 4.74 Å². The summed E-state index contributed by atoms with van der Waals surface area (Å²) in [5.41, 5.74) is -1.59. The number of para-hydroxylation sites is 1. The Hall–Kier alpha value is -3.79. The molecule has 8 nitrogen and oxygen atoms in total. The fourth-order valence-corrected chi connectivity index (χ4v) is 7.32. The van der Waals surface area contributed by atoms with E-state index in [0.29, 0.717) is 11.1 Å². The quantitative estimate of drug-likeness (QED) is 0.214. The van der Waals surface area contributed by atoms with Gasteiger partial charge < -0.3 is 19.5 Å². The van der Waals surface area contributed by atoms with E-state index in [9.17, 15) is 36.8 Å². The standard InChI is InChI=1S/C32H34F2NO7PS/c1-21-17-28(36)27(31(37)38)18-26(21)24-13-9-22(10-14-24)19-35(44(40,41)30-8-6-5-7-29(30)42-2)20-23-11-15-25(16-12-23)32(33,34)43(3,4)39/h5-16,18,21,36H,17,19-20H2,1-4H3,(H,37,38). The van der Waals surface area contributed by atoms with Gasteiger partial charge in [0.2, 0.25) is 10.0 Å². The zero-order valence-corrected chi connectivity index (χ0v) is 26.4. The van der Waals surface area contributed by atoms with Crippen LogP contribution in [-0.4, -0.2) is 49.3 Å². The molecule has 1 unspecified atom stereocenters. The summed E-state index contributed by atoms with van der Waals surface area (Å²) in [5, 5.41) is 19.5. The molecule has 0 aromatic heterocycles. The molecule has 3 aromatic carbocycles. The molecular weight excluding hydrogens is 611 g/mol. The average molecular weight is 646 g/mol. The Kier molecular flexibility index (Phi) is 9.54. The highest BCUT2D eigenvalue weighted by Gasteiger charge is 2.44. The van der Waals surface area contributed by atoms with Crippen molar-refractivity contribution in [3.63, 3.8) is 0 Å². The number of carbonyl (C=O) groups is 1. The lowest BCUT2D eigenvalue weighted by Gasteiger charge is -2.25. The summed E-state index contributed by atoms with van der Waals surface area (Å²) in [7, 11) is -6.58. The molecule has 0 aliphatic heterocycles. The number of methoxy groups -OCH3 is 1. The second-order valence-corrected chi connectivity index (χ2v) is 16.3. The summed E-state index contributed by atoms with van der Waals surface area (Å²) in [4.78, 5) is 11.5. The summed E-state index contributed by atoms with van der Waals surface area (Å²) in [6.45, 7) is 3.68. The molecule has 0 fully saturated rings. The minimum atomic E-state index is -4.16. The molecule has 2 N–H and O–H groups in total. The van der Waals surface area contributed by atoms with Gasteiger partial charge in [-0.05, 0) is 59.7 Å². The number of allylic oxidation sites excluding steroid dienone is 2. The third-order valence-corrected chi connectivity index (χ3v) is 11.0.